The Morgan fingerprint density at radius 1 is 0.788 bits per heavy atom. The number of aromatic hydroxyl groups is 1. The molecule has 1 aromatic rings. The van der Waals surface area contributed by atoms with Gasteiger partial charge in [-0.25, -0.2) is 0 Å². The molecule has 5 atom stereocenters. The topological polar surface area (TPSA) is 46.5 Å². The summed E-state index contributed by atoms with van der Waals surface area (Å²) in [4.78, 5) is 12.7. The highest BCUT2D eigenvalue weighted by molar-refractivity contribution is 5.70. The molecule has 0 saturated heterocycles. The van der Waals surface area contributed by atoms with Crippen molar-refractivity contribution in [3.63, 3.8) is 0 Å². The summed E-state index contributed by atoms with van der Waals surface area (Å²) in [6.45, 7) is 28.4. The summed E-state index contributed by atoms with van der Waals surface area (Å²) >= 11 is 0. The van der Waals surface area contributed by atoms with Crippen molar-refractivity contribution in [3.05, 3.63) is 28.8 Å². The van der Waals surface area contributed by atoms with E-state index in [0.29, 0.717) is 48.2 Å². The van der Waals surface area contributed by atoms with E-state index in [4.69, 9.17) is 4.74 Å². The largest absolute Gasteiger partial charge is 0.507 e. The number of aryl methyl sites for hydroxylation is 1. The van der Waals surface area contributed by atoms with Crippen LogP contribution in [0.4, 0.5) is 0 Å². The number of phenols is 1. The predicted molar refractivity (Wildman–Crippen MR) is 141 cm³/mol. The van der Waals surface area contributed by atoms with Gasteiger partial charge < -0.3 is 9.84 Å². The van der Waals surface area contributed by atoms with Crippen LogP contribution in [0, 0.1) is 29.6 Å². The maximum Gasteiger partial charge on any atom is 0.306 e. The maximum absolute atomic E-state index is 12.7. The Morgan fingerprint density at radius 3 is 1.61 bits per heavy atom. The molecule has 0 aliphatic heterocycles. The summed E-state index contributed by atoms with van der Waals surface area (Å²) in [6, 6.07) is 4.11. The number of benzene rings is 1. The molecule has 0 aliphatic rings. The van der Waals surface area contributed by atoms with Gasteiger partial charge >= 0.3 is 5.97 Å². The fourth-order valence-electron chi connectivity index (χ4n) is 4.59. The van der Waals surface area contributed by atoms with Crippen molar-refractivity contribution in [3.8, 4) is 5.75 Å². The summed E-state index contributed by atoms with van der Waals surface area (Å²) in [5.74, 6) is 2.87. The van der Waals surface area contributed by atoms with Crippen LogP contribution in [0.25, 0.3) is 0 Å². The van der Waals surface area contributed by atoms with E-state index < -0.39 is 0 Å². The van der Waals surface area contributed by atoms with Crippen molar-refractivity contribution in [2.45, 2.75) is 120 Å². The zero-order chi connectivity index (χ0) is 25.9. The van der Waals surface area contributed by atoms with Crippen LogP contribution < -0.4 is 0 Å². The van der Waals surface area contributed by atoms with Gasteiger partial charge in [-0.3, -0.25) is 4.79 Å². The second-order valence-corrected chi connectivity index (χ2v) is 12.9. The molecule has 1 aromatic carbocycles. The van der Waals surface area contributed by atoms with Gasteiger partial charge in [0.1, 0.15) is 11.9 Å². The van der Waals surface area contributed by atoms with E-state index in [2.05, 4.69) is 95.2 Å². The molecular weight excluding hydrogens is 408 g/mol. The highest BCUT2D eigenvalue weighted by Crippen LogP contribution is 2.40. The molecule has 1 rings (SSSR count). The minimum absolute atomic E-state index is 0.107. The van der Waals surface area contributed by atoms with E-state index >= 15 is 0 Å². The third-order valence-electron chi connectivity index (χ3n) is 8.00. The van der Waals surface area contributed by atoms with Crippen molar-refractivity contribution in [2.24, 2.45) is 29.6 Å². The standard InChI is InChI=1S/C30H52O3/c1-18(2)19(3)20(4)21(5)22(6)23(7)33-27(31)15-14-24-16-25(29(8,9)10)28(32)26(17-24)30(11,12)13/h16-23,32H,14-15H2,1-13H3. The molecule has 3 nitrogen and oxygen atoms in total. The minimum Gasteiger partial charge on any atom is -0.507 e. The lowest BCUT2D eigenvalue weighted by Gasteiger charge is -2.35. The fourth-order valence-corrected chi connectivity index (χ4v) is 4.59. The molecule has 190 valence electrons. The zero-order valence-corrected chi connectivity index (χ0v) is 23.8. The predicted octanol–water partition coefficient (Wildman–Crippen LogP) is 8.05. The van der Waals surface area contributed by atoms with Crippen LogP contribution in [0.15, 0.2) is 12.1 Å². The number of carbonyl (C=O) groups is 1. The summed E-state index contributed by atoms with van der Waals surface area (Å²) in [7, 11) is 0. The molecule has 0 saturated carbocycles. The number of carbonyl (C=O) groups excluding carboxylic acids is 1. The first kappa shape index (κ1) is 29.5. The van der Waals surface area contributed by atoms with Crippen LogP contribution in [0.5, 0.6) is 5.75 Å². The normalized spacial score (nSPS) is 17.4. The van der Waals surface area contributed by atoms with Gasteiger partial charge in [0.05, 0.1) is 0 Å². The zero-order valence-electron chi connectivity index (χ0n) is 23.8. The lowest BCUT2D eigenvalue weighted by atomic mass is 9.73. The number of phenolic OH excluding ortho intramolecular Hbond substituents is 1. The molecular formula is C30H52O3. The maximum atomic E-state index is 12.7. The monoisotopic (exact) mass is 460 g/mol. The van der Waals surface area contributed by atoms with Gasteiger partial charge in [0.2, 0.25) is 0 Å². The van der Waals surface area contributed by atoms with E-state index in [1.165, 1.54) is 0 Å². The molecule has 0 radical (unpaired) electrons. The van der Waals surface area contributed by atoms with Gasteiger partial charge in [0.25, 0.3) is 0 Å². The summed E-state index contributed by atoms with van der Waals surface area (Å²) < 4.78 is 5.88. The second-order valence-electron chi connectivity index (χ2n) is 12.9. The first-order valence-corrected chi connectivity index (χ1v) is 12.9. The third kappa shape index (κ3) is 8.04. The average Bonchev–Trinajstić information content (AvgIpc) is 2.68. The lowest BCUT2D eigenvalue weighted by Crippen LogP contribution is -2.33. The van der Waals surface area contributed by atoms with Crippen molar-refractivity contribution in [1.29, 1.82) is 0 Å². The molecule has 0 heterocycles. The highest BCUT2D eigenvalue weighted by atomic mass is 16.5. The van der Waals surface area contributed by atoms with E-state index in [0.717, 1.165) is 16.7 Å². The number of rotatable bonds is 9. The molecule has 0 aliphatic carbocycles. The molecule has 0 spiro atoms. The van der Waals surface area contributed by atoms with Gasteiger partial charge in [-0.05, 0) is 70.5 Å². The Kier molecular flexibility index (Phi) is 10.1. The number of hydrogen-bond donors (Lipinski definition) is 1. The van der Waals surface area contributed by atoms with Gasteiger partial charge in [0.15, 0.2) is 0 Å². The molecule has 5 unspecified atom stereocenters. The van der Waals surface area contributed by atoms with Crippen molar-refractivity contribution in [2.75, 3.05) is 0 Å². The molecule has 1 N–H and O–H groups in total. The summed E-state index contributed by atoms with van der Waals surface area (Å²) in [5, 5.41) is 10.9. The molecule has 0 fully saturated rings. The number of hydrogen-bond acceptors (Lipinski definition) is 3. The molecule has 33 heavy (non-hydrogen) atoms. The van der Waals surface area contributed by atoms with Gasteiger partial charge in [-0.1, -0.05) is 95.2 Å². The average molecular weight is 461 g/mol. The molecule has 0 bridgehead atoms. The van der Waals surface area contributed by atoms with E-state index in [9.17, 15) is 9.90 Å². The van der Waals surface area contributed by atoms with Crippen LogP contribution in [-0.4, -0.2) is 17.2 Å². The van der Waals surface area contributed by atoms with Crippen LogP contribution in [-0.2, 0) is 26.8 Å². The number of esters is 1. The fraction of sp³-hybridized carbons (Fsp3) is 0.767. The minimum atomic E-state index is -0.176. The van der Waals surface area contributed by atoms with Crippen molar-refractivity contribution < 1.29 is 14.6 Å². The van der Waals surface area contributed by atoms with E-state index in [-0.39, 0.29) is 22.9 Å². The summed E-state index contributed by atoms with van der Waals surface area (Å²) in [6.07, 6.45) is 0.855. The van der Waals surface area contributed by atoms with Crippen LogP contribution in [0.3, 0.4) is 0 Å². The van der Waals surface area contributed by atoms with Crippen LogP contribution >= 0.6 is 0 Å². The first-order valence-electron chi connectivity index (χ1n) is 12.9. The van der Waals surface area contributed by atoms with Crippen LogP contribution in [0.1, 0.15) is 113 Å². The highest BCUT2D eigenvalue weighted by Gasteiger charge is 2.30. The Hall–Kier alpha value is -1.51. The lowest BCUT2D eigenvalue weighted by molar-refractivity contribution is -0.151. The SMILES string of the molecule is CC(C)C(C)C(C)C(C)C(C)C(C)OC(=O)CCc1cc(C(C)(C)C)c(O)c(C(C)(C)C)c1. The Bertz CT molecular complexity index is 744. The second kappa shape index (κ2) is 11.3. The quantitative estimate of drug-likeness (QED) is 0.379. The molecule has 3 heteroatoms. The summed E-state index contributed by atoms with van der Waals surface area (Å²) in [5.41, 5.74) is 2.59. The van der Waals surface area contributed by atoms with Crippen molar-refractivity contribution in [1.82, 2.24) is 0 Å². The van der Waals surface area contributed by atoms with E-state index in [1.807, 2.05) is 6.92 Å². The third-order valence-corrected chi connectivity index (χ3v) is 8.00. The molecule has 0 aromatic heterocycles. The smallest absolute Gasteiger partial charge is 0.306 e. The van der Waals surface area contributed by atoms with Crippen LogP contribution in [0.2, 0.25) is 0 Å². The molecule has 0 amide bonds. The Labute approximate surface area is 204 Å². The Balaban J connectivity index is 2.90. The van der Waals surface area contributed by atoms with Gasteiger partial charge in [-0.2, -0.15) is 0 Å². The van der Waals surface area contributed by atoms with Gasteiger partial charge in [-0.15, -0.1) is 0 Å². The van der Waals surface area contributed by atoms with E-state index in [1.54, 1.807) is 0 Å². The number of ether oxygens (including phenoxy) is 1. The van der Waals surface area contributed by atoms with Crippen molar-refractivity contribution >= 4 is 5.97 Å². The van der Waals surface area contributed by atoms with Gasteiger partial charge in [0, 0.05) is 6.42 Å². The Morgan fingerprint density at radius 2 is 1.21 bits per heavy atom. The first-order chi connectivity index (χ1) is 14.9.